The highest BCUT2D eigenvalue weighted by atomic mass is 16.7. The van der Waals surface area contributed by atoms with Crippen LogP contribution >= 0.6 is 0 Å². The summed E-state index contributed by atoms with van der Waals surface area (Å²) < 4.78 is 11.3. The van der Waals surface area contributed by atoms with Crippen molar-refractivity contribution in [1.29, 1.82) is 0 Å². The van der Waals surface area contributed by atoms with Crippen LogP contribution in [0.5, 0.6) is 0 Å². The third kappa shape index (κ3) is 38.1. The Morgan fingerprint density at radius 2 is 0.836 bits per heavy atom. The van der Waals surface area contributed by atoms with Gasteiger partial charge in [-0.25, -0.2) is 0 Å². The monoisotopic (exact) mass is 950 g/mol. The first kappa shape index (κ1) is 63.7. The highest BCUT2D eigenvalue weighted by molar-refractivity contribution is 5.76. The summed E-state index contributed by atoms with van der Waals surface area (Å²) in [6.45, 7) is 3.81. The Balaban J connectivity index is 2.23. The second kappa shape index (κ2) is 48.3. The van der Waals surface area contributed by atoms with Gasteiger partial charge in [0.05, 0.1) is 25.4 Å². The SMILES string of the molecule is CCCCCCCCCCC/C=C\CCCCCCCCCC(=O)NC(COC1OC(CO)C(O)C(O)C1O)C(O)/C=C/CCCCCCCCCCCCCCCCCCCCCCCC. The summed E-state index contributed by atoms with van der Waals surface area (Å²) >= 11 is 0. The van der Waals surface area contributed by atoms with Crippen molar-refractivity contribution in [3.8, 4) is 0 Å². The normalized spacial score (nSPS) is 19.8. The largest absolute Gasteiger partial charge is 0.394 e. The number of aliphatic hydroxyl groups excluding tert-OH is 5. The molecule has 0 spiro atoms. The number of unbranched alkanes of at least 4 members (excludes halogenated alkanes) is 38. The number of hydrogen-bond acceptors (Lipinski definition) is 8. The van der Waals surface area contributed by atoms with Crippen LogP contribution in [0, 0.1) is 0 Å². The minimum Gasteiger partial charge on any atom is -0.394 e. The number of nitrogens with one attached hydrogen (secondary N) is 1. The summed E-state index contributed by atoms with van der Waals surface area (Å²) in [6, 6.07) is -0.806. The second-order valence-electron chi connectivity index (χ2n) is 20.4. The van der Waals surface area contributed by atoms with Gasteiger partial charge < -0.3 is 40.3 Å². The van der Waals surface area contributed by atoms with Gasteiger partial charge in [0.1, 0.15) is 24.4 Å². The van der Waals surface area contributed by atoms with Crippen LogP contribution in [0.15, 0.2) is 24.3 Å². The molecule has 0 bridgehead atoms. The van der Waals surface area contributed by atoms with Crippen LogP contribution in [0.2, 0.25) is 0 Å². The molecule has 396 valence electrons. The molecule has 0 aromatic heterocycles. The van der Waals surface area contributed by atoms with Gasteiger partial charge in [-0.15, -0.1) is 0 Å². The fourth-order valence-corrected chi connectivity index (χ4v) is 9.39. The number of rotatable bonds is 50. The zero-order valence-corrected chi connectivity index (χ0v) is 43.9. The maximum Gasteiger partial charge on any atom is 0.220 e. The Morgan fingerprint density at radius 1 is 0.493 bits per heavy atom. The fraction of sp³-hybridized carbons (Fsp3) is 0.914. The lowest BCUT2D eigenvalue weighted by Gasteiger charge is -2.40. The summed E-state index contributed by atoms with van der Waals surface area (Å²) in [6.07, 6.45) is 53.8. The van der Waals surface area contributed by atoms with Crippen molar-refractivity contribution in [2.45, 2.75) is 326 Å². The topological polar surface area (TPSA) is 149 Å². The van der Waals surface area contributed by atoms with Crippen LogP contribution in [-0.4, -0.2) is 87.5 Å². The first-order valence-corrected chi connectivity index (χ1v) is 29.1. The Morgan fingerprint density at radius 3 is 1.21 bits per heavy atom. The Bertz CT molecular complexity index is 1100. The molecule has 7 atom stereocenters. The van der Waals surface area contributed by atoms with Gasteiger partial charge in [-0.1, -0.05) is 256 Å². The van der Waals surface area contributed by atoms with Gasteiger partial charge in [0.15, 0.2) is 6.29 Å². The maximum absolute atomic E-state index is 13.0. The molecule has 1 aliphatic rings. The standard InChI is InChI=1S/C58H111NO8/c1-3-5-7-9-11-13-15-17-19-21-23-25-26-27-28-29-31-33-35-37-39-41-43-45-47-52(61)51(50-66-58-57(65)56(64)55(63)53(49-60)67-58)59-54(62)48-46-44-42-40-38-36-34-32-30-24-22-20-18-16-14-12-10-8-6-4-2/h24,30,45,47,51-53,55-58,60-61,63-65H,3-23,25-29,31-44,46,48-50H2,1-2H3,(H,59,62)/b30-24-,47-45+. The molecule has 7 unspecified atom stereocenters. The average molecular weight is 951 g/mol. The highest BCUT2D eigenvalue weighted by Crippen LogP contribution is 2.23. The summed E-state index contributed by atoms with van der Waals surface area (Å²) in [4.78, 5) is 13.0. The van der Waals surface area contributed by atoms with Crippen molar-refractivity contribution in [2.75, 3.05) is 13.2 Å². The van der Waals surface area contributed by atoms with E-state index >= 15 is 0 Å². The summed E-state index contributed by atoms with van der Waals surface area (Å²) in [7, 11) is 0. The molecule has 1 aliphatic heterocycles. The number of carbonyl (C=O) groups is 1. The molecule has 1 heterocycles. The van der Waals surface area contributed by atoms with Crippen molar-refractivity contribution >= 4 is 5.91 Å². The smallest absolute Gasteiger partial charge is 0.220 e. The minimum absolute atomic E-state index is 0.177. The van der Waals surface area contributed by atoms with Gasteiger partial charge >= 0.3 is 0 Å². The van der Waals surface area contributed by atoms with E-state index < -0.39 is 49.5 Å². The number of ether oxygens (including phenoxy) is 2. The second-order valence-corrected chi connectivity index (χ2v) is 20.4. The van der Waals surface area contributed by atoms with Crippen molar-refractivity contribution in [2.24, 2.45) is 0 Å². The van der Waals surface area contributed by atoms with Crippen molar-refractivity contribution < 1.29 is 39.8 Å². The molecule has 0 saturated carbocycles. The first-order chi connectivity index (χ1) is 32.8. The van der Waals surface area contributed by atoms with Gasteiger partial charge in [-0.2, -0.15) is 0 Å². The lowest BCUT2D eigenvalue weighted by atomic mass is 9.99. The predicted octanol–water partition coefficient (Wildman–Crippen LogP) is 14.2. The Labute approximate surface area is 413 Å². The molecule has 9 heteroatoms. The van der Waals surface area contributed by atoms with Gasteiger partial charge in [0.2, 0.25) is 5.91 Å². The molecule has 0 radical (unpaired) electrons. The van der Waals surface area contributed by atoms with Crippen LogP contribution in [0.1, 0.15) is 284 Å². The van der Waals surface area contributed by atoms with E-state index in [0.717, 1.165) is 38.5 Å². The molecule has 6 N–H and O–H groups in total. The molecule has 1 rings (SSSR count). The Hall–Kier alpha value is -1.33. The van der Waals surface area contributed by atoms with Crippen molar-refractivity contribution in [1.82, 2.24) is 5.32 Å². The number of allylic oxidation sites excluding steroid dienone is 3. The van der Waals surface area contributed by atoms with Crippen LogP contribution in [0.4, 0.5) is 0 Å². The third-order valence-corrected chi connectivity index (χ3v) is 14.0. The number of hydrogen-bond donors (Lipinski definition) is 6. The fourth-order valence-electron chi connectivity index (χ4n) is 9.39. The van der Waals surface area contributed by atoms with Crippen LogP contribution in [0.3, 0.4) is 0 Å². The lowest BCUT2D eigenvalue weighted by molar-refractivity contribution is -0.302. The van der Waals surface area contributed by atoms with Crippen molar-refractivity contribution in [3.63, 3.8) is 0 Å². The van der Waals surface area contributed by atoms with Crippen LogP contribution in [0.25, 0.3) is 0 Å². The number of amides is 1. The molecule has 9 nitrogen and oxygen atoms in total. The van der Waals surface area contributed by atoms with E-state index in [4.69, 9.17) is 9.47 Å². The molecule has 1 amide bonds. The average Bonchev–Trinajstić information content (AvgIpc) is 3.33. The predicted molar refractivity (Wildman–Crippen MR) is 281 cm³/mol. The molecule has 0 aromatic rings. The molecule has 0 aromatic carbocycles. The van der Waals surface area contributed by atoms with E-state index in [9.17, 15) is 30.3 Å². The lowest BCUT2D eigenvalue weighted by Crippen LogP contribution is -2.60. The van der Waals surface area contributed by atoms with Crippen molar-refractivity contribution in [3.05, 3.63) is 24.3 Å². The first-order valence-electron chi connectivity index (χ1n) is 29.1. The summed E-state index contributed by atoms with van der Waals surface area (Å²) in [5, 5.41) is 54.5. The molecule has 1 saturated heterocycles. The Kier molecular flexibility index (Phi) is 45.9. The number of carbonyl (C=O) groups excluding carboxylic acids is 1. The highest BCUT2D eigenvalue weighted by Gasteiger charge is 2.44. The molecular weight excluding hydrogens is 839 g/mol. The minimum atomic E-state index is -1.57. The van der Waals surface area contributed by atoms with E-state index in [0.29, 0.717) is 6.42 Å². The maximum atomic E-state index is 13.0. The van der Waals surface area contributed by atoms with E-state index in [1.54, 1.807) is 6.08 Å². The zero-order valence-electron chi connectivity index (χ0n) is 43.9. The van der Waals surface area contributed by atoms with Gasteiger partial charge in [-0.05, 0) is 44.9 Å². The summed E-state index contributed by atoms with van der Waals surface area (Å²) in [5.41, 5.74) is 0. The van der Waals surface area contributed by atoms with E-state index in [2.05, 4.69) is 31.3 Å². The number of aliphatic hydroxyl groups is 5. The summed E-state index contributed by atoms with van der Waals surface area (Å²) in [5.74, 6) is -0.177. The molecule has 1 fully saturated rings. The van der Waals surface area contributed by atoms with Gasteiger partial charge in [0, 0.05) is 6.42 Å². The quantitative estimate of drug-likeness (QED) is 0.0261. The van der Waals surface area contributed by atoms with E-state index in [1.165, 1.54) is 225 Å². The van der Waals surface area contributed by atoms with Gasteiger partial charge in [0.25, 0.3) is 0 Å². The third-order valence-electron chi connectivity index (χ3n) is 14.0. The molecule has 0 aliphatic carbocycles. The van der Waals surface area contributed by atoms with E-state index in [-0.39, 0.29) is 12.5 Å². The zero-order chi connectivity index (χ0) is 48.7. The molecule has 67 heavy (non-hydrogen) atoms. The molecular formula is C58H111NO8. The van der Waals surface area contributed by atoms with E-state index in [1.807, 2.05) is 6.08 Å². The van der Waals surface area contributed by atoms with Gasteiger partial charge in [-0.3, -0.25) is 4.79 Å². The van der Waals surface area contributed by atoms with Crippen LogP contribution in [-0.2, 0) is 14.3 Å². The van der Waals surface area contributed by atoms with Crippen LogP contribution < -0.4 is 5.32 Å².